The molecule has 0 unspecified atom stereocenters. The van der Waals surface area contributed by atoms with Gasteiger partial charge in [0.15, 0.2) is 5.82 Å². The van der Waals surface area contributed by atoms with Gasteiger partial charge >= 0.3 is 0 Å². The third-order valence-corrected chi connectivity index (χ3v) is 3.62. The van der Waals surface area contributed by atoms with Gasteiger partial charge in [0.2, 0.25) is 5.28 Å². The fourth-order valence-electron chi connectivity index (χ4n) is 2.13. The highest BCUT2D eigenvalue weighted by Crippen LogP contribution is 2.26. The molecule has 0 radical (unpaired) electrons. The van der Waals surface area contributed by atoms with E-state index < -0.39 is 0 Å². The Labute approximate surface area is 130 Å². The second kappa shape index (κ2) is 6.31. The highest BCUT2D eigenvalue weighted by atomic mass is 35.5. The van der Waals surface area contributed by atoms with E-state index in [0.717, 1.165) is 12.8 Å². The topological polar surface area (TPSA) is 63.8 Å². The van der Waals surface area contributed by atoms with Gasteiger partial charge in [-0.2, -0.15) is 4.98 Å². The van der Waals surface area contributed by atoms with Gasteiger partial charge in [0.1, 0.15) is 0 Å². The molecule has 0 aliphatic carbocycles. The lowest BCUT2D eigenvalue weighted by Crippen LogP contribution is -2.32. The maximum atomic E-state index is 6.02. The standard InChI is InChI=1S/C16H21ClN4/c1-11-13(18)14(20-15(17)19-11)21-16(2,3)10-9-12-7-5-4-6-8-12/h4-8H,9-10,18H2,1-3H3,(H,19,20,21). The van der Waals surface area contributed by atoms with Gasteiger partial charge < -0.3 is 11.1 Å². The predicted octanol–water partition coefficient (Wildman–Crippen LogP) is 3.84. The summed E-state index contributed by atoms with van der Waals surface area (Å²) in [5.74, 6) is 0.602. The van der Waals surface area contributed by atoms with Crippen LogP contribution in [-0.2, 0) is 6.42 Å². The maximum absolute atomic E-state index is 6.02. The maximum Gasteiger partial charge on any atom is 0.224 e. The van der Waals surface area contributed by atoms with Crippen LogP contribution in [0.5, 0.6) is 0 Å². The van der Waals surface area contributed by atoms with Crippen molar-refractivity contribution in [3.05, 3.63) is 46.9 Å². The Morgan fingerprint density at radius 1 is 1.19 bits per heavy atom. The number of nitrogen functional groups attached to an aromatic ring is 1. The number of aromatic nitrogens is 2. The van der Waals surface area contributed by atoms with Crippen LogP contribution in [0.1, 0.15) is 31.5 Å². The van der Waals surface area contributed by atoms with Crippen LogP contribution in [0.2, 0.25) is 5.28 Å². The number of halogens is 1. The summed E-state index contributed by atoms with van der Waals surface area (Å²) in [6.45, 7) is 6.08. The van der Waals surface area contributed by atoms with Crippen LogP contribution < -0.4 is 11.1 Å². The van der Waals surface area contributed by atoms with E-state index in [4.69, 9.17) is 17.3 Å². The van der Waals surface area contributed by atoms with Crippen molar-refractivity contribution in [2.24, 2.45) is 0 Å². The number of benzene rings is 1. The number of nitrogens with one attached hydrogen (secondary N) is 1. The van der Waals surface area contributed by atoms with Gasteiger partial charge in [-0.25, -0.2) is 4.98 Å². The molecular formula is C16H21ClN4. The van der Waals surface area contributed by atoms with Gasteiger partial charge in [0, 0.05) is 5.54 Å². The van der Waals surface area contributed by atoms with Crippen molar-refractivity contribution >= 4 is 23.1 Å². The third-order valence-electron chi connectivity index (χ3n) is 3.45. The first-order valence-electron chi connectivity index (χ1n) is 6.99. The summed E-state index contributed by atoms with van der Waals surface area (Å²) in [5.41, 5.74) is 8.43. The molecule has 0 fully saturated rings. The number of nitrogens with zero attached hydrogens (tertiary/aromatic N) is 2. The molecule has 0 amide bonds. The smallest absolute Gasteiger partial charge is 0.224 e. The fraction of sp³-hybridized carbons (Fsp3) is 0.375. The summed E-state index contributed by atoms with van der Waals surface area (Å²) in [4.78, 5) is 8.24. The van der Waals surface area contributed by atoms with Crippen molar-refractivity contribution in [2.45, 2.75) is 39.2 Å². The summed E-state index contributed by atoms with van der Waals surface area (Å²) >= 11 is 5.91. The molecular weight excluding hydrogens is 284 g/mol. The van der Waals surface area contributed by atoms with E-state index >= 15 is 0 Å². The monoisotopic (exact) mass is 304 g/mol. The Morgan fingerprint density at radius 2 is 1.86 bits per heavy atom. The minimum absolute atomic E-state index is 0.145. The first kappa shape index (κ1) is 15.6. The number of rotatable bonds is 5. The fourth-order valence-corrected chi connectivity index (χ4v) is 2.34. The molecule has 0 atom stereocenters. The molecule has 2 rings (SSSR count). The summed E-state index contributed by atoms with van der Waals surface area (Å²) in [5, 5.41) is 3.59. The van der Waals surface area contributed by atoms with Crippen LogP contribution in [0, 0.1) is 6.92 Å². The Morgan fingerprint density at radius 3 is 2.52 bits per heavy atom. The van der Waals surface area contributed by atoms with Crippen LogP contribution in [0.15, 0.2) is 30.3 Å². The second-order valence-corrected chi connectivity index (χ2v) is 6.17. The van der Waals surface area contributed by atoms with Gasteiger partial charge in [-0.15, -0.1) is 0 Å². The van der Waals surface area contributed by atoms with Crippen LogP contribution in [0.25, 0.3) is 0 Å². The second-order valence-electron chi connectivity index (χ2n) is 5.83. The molecule has 0 saturated carbocycles. The Hall–Kier alpha value is -1.81. The quantitative estimate of drug-likeness (QED) is 0.824. The SMILES string of the molecule is Cc1nc(Cl)nc(NC(C)(C)CCc2ccccc2)c1N. The van der Waals surface area contributed by atoms with E-state index in [1.165, 1.54) is 5.56 Å². The van der Waals surface area contributed by atoms with E-state index in [9.17, 15) is 0 Å². The van der Waals surface area contributed by atoms with Crippen LogP contribution in [-0.4, -0.2) is 15.5 Å². The van der Waals surface area contributed by atoms with Crippen molar-refractivity contribution in [3.63, 3.8) is 0 Å². The molecule has 4 nitrogen and oxygen atoms in total. The lowest BCUT2D eigenvalue weighted by molar-refractivity contribution is 0.516. The molecule has 1 heterocycles. The molecule has 2 aromatic rings. The van der Waals surface area contributed by atoms with E-state index in [1.807, 2.05) is 13.0 Å². The zero-order valence-electron chi connectivity index (χ0n) is 12.7. The normalized spacial score (nSPS) is 11.4. The number of hydrogen-bond donors (Lipinski definition) is 2. The molecule has 0 aliphatic rings. The van der Waals surface area contributed by atoms with Crippen LogP contribution >= 0.6 is 11.6 Å². The molecule has 0 spiro atoms. The highest BCUT2D eigenvalue weighted by Gasteiger charge is 2.20. The molecule has 5 heteroatoms. The van der Waals surface area contributed by atoms with Crippen molar-refractivity contribution < 1.29 is 0 Å². The van der Waals surface area contributed by atoms with Crippen molar-refractivity contribution in [1.82, 2.24) is 9.97 Å². The predicted molar refractivity (Wildman–Crippen MR) is 88.7 cm³/mol. The average molecular weight is 305 g/mol. The van der Waals surface area contributed by atoms with Gasteiger partial charge in [0.05, 0.1) is 11.4 Å². The van der Waals surface area contributed by atoms with Crippen LogP contribution in [0.3, 0.4) is 0 Å². The zero-order valence-corrected chi connectivity index (χ0v) is 13.4. The molecule has 112 valence electrons. The van der Waals surface area contributed by atoms with E-state index in [2.05, 4.69) is 53.4 Å². The molecule has 0 saturated heterocycles. The number of hydrogen-bond acceptors (Lipinski definition) is 4. The zero-order chi connectivity index (χ0) is 15.5. The van der Waals surface area contributed by atoms with E-state index in [0.29, 0.717) is 17.2 Å². The highest BCUT2D eigenvalue weighted by molar-refractivity contribution is 6.28. The third kappa shape index (κ3) is 4.33. The summed E-state index contributed by atoms with van der Waals surface area (Å²) in [7, 11) is 0. The molecule has 3 N–H and O–H groups in total. The van der Waals surface area contributed by atoms with E-state index in [-0.39, 0.29) is 10.8 Å². The van der Waals surface area contributed by atoms with Gasteiger partial charge in [-0.05, 0) is 50.8 Å². The largest absolute Gasteiger partial charge is 0.394 e. The number of aryl methyl sites for hydroxylation is 2. The van der Waals surface area contributed by atoms with Crippen molar-refractivity contribution in [1.29, 1.82) is 0 Å². The number of nitrogens with two attached hydrogens (primary N) is 1. The lowest BCUT2D eigenvalue weighted by atomic mass is 9.95. The van der Waals surface area contributed by atoms with Crippen LogP contribution in [0.4, 0.5) is 11.5 Å². The summed E-state index contributed by atoms with van der Waals surface area (Å²) < 4.78 is 0. The van der Waals surface area contributed by atoms with Gasteiger partial charge in [-0.1, -0.05) is 30.3 Å². The molecule has 0 bridgehead atoms. The van der Waals surface area contributed by atoms with Gasteiger partial charge in [-0.3, -0.25) is 0 Å². The summed E-state index contributed by atoms with van der Waals surface area (Å²) in [6.07, 6.45) is 1.94. The first-order chi connectivity index (χ1) is 9.87. The molecule has 0 aliphatic heterocycles. The summed E-state index contributed by atoms with van der Waals surface area (Å²) in [6, 6.07) is 10.4. The Balaban J connectivity index is 2.07. The minimum atomic E-state index is -0.145. The Kier molecular flexibility index (Phi) is 4.68. The Bertz CT molecular complexity index is 611. The molecule has 21 heavy (non-hydrogen) atoms. The minimum Gasteiger partial charge on any atom is -0.394 e. The average Bonchev–Trinajstić information content (AvgIpc) is 2.43. The molecule has 1 aromatic heterocycles. The number of anilines is 2. The molecule has 1 aromatic carbocycles. The van der Waals surface area contributed by atoms with Crippen molar-refractivity contribution in [3.8, 4) is 0 Å². The first-order valence-corrected chi connectivity index (χ1v) is 7.37. The lowest BCUT2D eigenvalue weighted by Gasteiger charge is -2.28. The van der Waals surface area contributed by atoms with Gasteiger partial charge in [0.25, 0.3) is 0 Å². The van der Waals surface area contributed by atoms with Crippen molar-refractivity contribution in [2.75, 3.05) is 11.1 Å². The van der Waals surface area contributed by atoms with E-state index in [1.54, 1.807) is 0 Å².